The van der Waals surface area contributed by atoms with Gasteiger partial charge in [-0.3, -0.25) is 4.79 Å². The summed E-state index contributed by atoms with van der Waals surface area (Å²) >= 11 is 5.95. The van der Waals surface area contributed by atoms with Gasteiger partial charge in [0.15, 0.2) is 0 Å². The van der Waals surface area contributed by atoms with E-state index in [0.29, 0.717) is 25.3 Å². The number of aromatic nitrogens is 2. The number of carbonyl (C=O) groups is 1. The SMILES string of the molecule is CC(C)Oc1ncccc1CNC(=O)C1CCN(S(=O)(=O)c2cccnc2Cl)CC1. The Morgan fingerprint density at radius 3 is 2.57 bits per heavy atom. The van der Waals surface area contributed by atoms with Gasteiger partial charge in [0, 0.05) is 43.5 Å². The molecule has 1 N–H and O–H groups in total. The van der Waals surface area contributed by atoms with E-state index in [1.807, 2.05) is 19.9 Å². The zero-order valence-corrected chi connectivity index (χ0v) is 18.5. The van der Waals surface area contributed by atoms with E-state index in [0.717, 1.165) is 5.56 Å². The van der Waals surface area contributed by atoms with Crippen LogP contribution < -0.4 is 10.1 Å². The number of sulfonamides is 1. The molecule has 0 atom stereocenters. The van der Waals surface area contributed by atoms with E-state index in [1.54, 1.807) is 12.3 Å². The predicted molar refractivity (Wildman–Crippen MR) is 113 cm³/mol. The number of nitrogens with one attached hydrogen (secondary N) is 1. The quantitative estimate of drug-likeness (QED) is 0.648. The van der Waals surface area contributed by atoms with Gasteiger partial charge in [-0.2, -0.15) is 4.31 Å². The van der Waals surface area contributed by atoms with Crippen molar-refractivity contribution in [2.75, 3.05) is 13.1 Å². The molecule has 3 rings (SSSR count). The summed E-state index contributed by atoms with van der Waals surface area (Å²) in [6, 6.07) is 6.63. The Hall–Kier alpha value is -2.23. The zero-order valence-electron chi connectivity index (χ0n) is 16.9. The lowest BCUT2D eigenvalue weighted by Gasteiger charge is -2.30. The van der Waals surface area contributed by atoms with E-state index in [2.05, 4.69) is 15.3 Å². The number of amides is 1. The summed E-state index contributed by atoms with van der Waals surface area (Å²) in [6.07, 6.45) is 3.94. The molecule has 1 aliphatic rings. The van der Waals surface area contributed by atoms with Gasteiger partial charge in [0.2, 0.25) is 21.8 Å². The molecule has 0 saturated carbocycles. The standard InChI is InChI=1S/C20H25ClN4O4S/c1-14(2)29-20-16(5-3-10-23-20)13-24-19(26)15-7-11-25(12-8-15)30(27,28)17-6-4-9-22-18(17)21/h3-6,9-10,14-15H,7-8,11-13H2,1-2H3,(H,24,26). The molecule has 0 radical (unpaired) electrons. The van der Waals surface area contributed by atoms with Gasteiger partial charge in [0.25, 0.3) is 0 Å². The van der Waals surface area contributed by atoms with Crippen molar-refractivity contribution in [3.05, 3.63) is 47.4 Å². The molecular weight excluding hydrogens is 428 g/mol. The van der Waals surface area contributed by atoms with E-state index >= 15 is 0 Å². The minimum atomic E-state index is -3.73. The van der Waals surface area contributed by atoms with Gasteiger partial charge < -0.3 is 10.1 Å². The van der Waals surface area contributed by atoms with E-state index in [-0.39, 0.29) is 41.1 Å². The fourth-order valence-corrected chi connectivity index (χ4v) is 5.17. The molecule has 30 heavy (non-hydrogen) atoms. The van der Waals surface area contributed by atoms with Gasteiger partial charge in [-0.25, -0.2) is 18.4 Å². The molecule has 1 aliphatic heterocycles. The van der Waals surface area contributed by atoms with Crippen molar-refractivity contribution in [1.82, 2.24) is 19.6 Å². The van der Waals surface area contributed by atoms with E-state index in [9.17, 15) is 13.2 Å². The summed E-state index contributed by atoms with van der Waals surface area (Å²) in [5.41, 5.74) is 0.797. The number of halogens is 1. The van der Waals surface area contributed by atoms with Crippen LogP contribution >= 0.6 is 11.6 Å². The highest BCUT2D eigenvalue weighted by atomic mass is 35.5. The monoisotopic (exact) mass is 452 g/mol. The first-order valence-corrected chi connectivity index (χ1v) is 11.6. The van der Waals surface area contributed by atoms with Gasteiger partial charge in [0.1, 0.15) is 10.0 Å². The van der Waals surface area contributed by atoms with Crippen molar-refractivity contribution in [3.8, 4) is 5.88 Å². The lowest BCUT2D eigenvalue weighted by atomic mass is 9.97. The molecule has 1 fully saturated rings. The van der Waals surface area contributed by atoms with Crippen molar-refractivity contribution >= 4 is 27.5 Å². The molecule has 2 aromatic heterocycles. The van der Waals surface area contributed by atoms with Crippen LogP contribution in [0.2, 0.25) is 5.15 Å². The number of hydrogen-bond acceptors (Lipinski definition) is 6. The number of rotatable bonds is 7. The van der Waals surface area contributed by atoms with Gasteiger partial charge in [0.05, 0.1) is 6.10 Å². The molecule has 0 unspecified atom stereocenters. The van der Waals surface area contributed by atoms with Crippen LogP contribution in [-0.4, -0.2) is 47.8 Å². The number of piperidine rings is 1. The molecule has 2 aromatic rings. The molecule has 0 spiro atoms. The van der Waals surface area contributed by atoms with Gasteiger partial charge in [-0.15, -0.1) is 0 Å². The average Bonchev–Trinajstić information content (AvgIpc) is 2.73. The highest BCUT2D eigenvalue weighted by Gasteiger charge is 2.33. The first-order chi connectivity index (χ1) is 14.3. The van der Waals surface area contributed by atoms with Gasteiger partial charge in [-0.05, 0) is 44.9 Å². The van der Waals surface area contributed by atoms with Crippen molar-refractivity contribution in [2.45, 2.75) is 44.2 Å². The maximum Gasteiger partial charge on any atom is 0.246 e. The van der Waals surface area contributed by atoms with Crippen molar-refractivity contribution < 1.29 is 17.9 Å². The molecule has 162 valence electrons. The fraction of sp³-hybridized carbons (Fsp3) is 0.450. The Kier molecular flexibility index (Phi) is 7.27. The Labute approximate surface area is 181 Å². The molecular formula is C20H25ClN4O4S. The summed E-state index contributed by atoms with van der Waals surface area (Å²) in [6.45, 7) is 4.63. The highest BCUT2D eigenvalue weighted by Crippen LogP contribution is 2.27. The average molecular weight is 453 g/mol. The van der Waals surface area contributed by atoms with E-state index in [4.69, 9.17) is 16.3 Å². The Bertz CT molecular complexity index is 992. The third-order valence-electron chi connectivity index (χ3n) is 4.82. The maximum absolute atomic E-state index is 12.8. The van der Waals surface area contributed by atoms with Crippen LogP contribution in [-0.2, 0) is 21.4 Å². The second-order valence-electron chi connectivity index (χ2n) is 7.32. The fourth-order valence-electron chi connectivity index (χ4n) is 3.28. The summed E-state index contributed by atoms with van der Waals surface area (Å²) in [5.74, 6) is 0.139. The number of pyridine rings is 2. The summed E-state index contributed by atoms with van der Waals surface area (Å²) in [4.78, 5) is 20.7. The van der Waals surface area contributed by atoms with Crippen LogP contribution in [0.5, 0.6) is 5.88 Å². The van der Waals surface area contributed by atoms with Gasteiger partial charge in [-0.1, -0.05) is 17.7 Å². The predicted octanol–water partition coefficient (Wildman–Crippen LogP) is 2.63. The summed E-state index contributed by atoms with van der Waals surface area (Å²) < 4.78 is 32.6. The molecule has 8 nitrogen and oxygen atoms in total. The van der Waals surface area contributed by atoms with Crippen LogP contribution in [0.1, 0.15) is 32.3 Å². The van der Waals surface area contributed by atoms with Crippen LogP contribution in [0.4, 0.5) is 0 Å². The van der Waals surface area contributed by atoms with Crippen LogP contribution in [0.25, 0.3) is 0 Å². The smallest absolute Gasteiger partial charge is 0.246 e. The van der Waals surface area contributed by atoms with Crippen LogP contribution in [0.15, 0.2) is 41.6 Å². The molecule has 0 aromatic carbocycles. The Balaban J connectivity index is 1.57. The minimum absolute atomic E-state index is 0.0103. The molecule has 10 heteroatoms. The Morgan fingerprint density at radius 1 is 1.23 bits per heavy atom. The third kappa shape index (κ3) is 5.27. The van der Waals surface area contributed by atoms with Crippen LogP contribution in [0.3, 0.4) is 0 Å². The van der Waals surface area contributed by atoms with Crippen molar-refractivity contribution in [1.29, 1.82) is 0 Å². The normalized spacial score (nSPS) is 15.9. The third-order valence-corrected chi connectivity index (χ3v) is 7.16. The number of ether oxygens (including phenoxy) is 1. The molecule has 3 heterocycles. The molecule has 1 amide bonds. The number of carbonyl (C=O) groups excluding carboxylic acids is 1. The molecule has 0 aliphatic carbocycles. The summed E-state index contributed by atoms with van der Waals surface area (Å²) in [7, 11) is -3.73. The van der Waals surface area contributed by atoms with Crippen molar-refractivity contribution in [3.63, 3.8) is 0 Å². The van der Waals surface area contributed by atoms with E-state index in [1.165, 1.54) is 22.6 Å². The minimum Gasteiger partial charge on any atom is -0.475 e. The second kappa shape index (κ2) is 9.72. The van der Waals surface area contributed by atoms with Gasteiger partial charge >= 0.3 is 0 Å². The lowest BCUT2D eigenvalue weighted by molar-refractivity contribution is -0.126. The summed E-state index contributed by atoms with van der Waals surface area (Å²) in [5, 5.41) is 2.87. The molecule has 0 bridgehead atoms. The number of nitrogens with zero attached hydrogens (tertiary/aromatic N) is 3. The van der Waals surface area contributed by atoms with E-state index < -0.39 is 10.0 Å². The molecule has 1 saturated heterocycles. The first-order valence-electron chi connectivity index (χ1n) is 9.78. The highest BCUT2D eigenvalue weighted by molar-refractivity contribution is 7.89. The first kappa shape index (κ1) is 22.5. The lowest BCUT2D eigenvalue weighted by Crippen LogP contribution is -2.43. The van der Waals surface area contributed by atoms with Crippen LogP contribution in [0, 0.1) is 5.92 Å². The largest absolute Gasteiger partial charge is 0.475 e. The maximum atomic E-state index is 12.8. The second-order valence-corrected chi connectivity index (χ2v) is 9.59. The van der Waals surface area contributed by atoms with Crippen molar-refractivity contribution in [2.24, 2.45) is 5.92 Å². The Morgan fingerprint density at radius 2 is 1.90 bits per heavy atom. The zero-order chi connectivity index (χ0) is 21.7. The number of hydrogen-bond donors (Lipinski definition) is 1. The topological polar surface area (TPSA) is 101 Å².